The van der Waals surface area contributed by atoms with Gasteiger partial charge in [0.05, 0.1) is 26.5 Å². The van der Waals surface area contributed by atoms with Gasteiger partial charge in [0.1, 0.15) is 37.7 Å². The normalized spacial score (nSPS) is 20.8. The van der Waals surface area contributed by atoms with Gasteiger partial charge in [0.25, 0.3) is 5.91 Å². The summed E-state index contributed by atoms with van der Waals surface area (Å²) in [4.78, 5) is 15.3. The van der Waals surface area contributed by atoms with Crippen LogP contribution >= 0.6 is 0 Å². The molecule has 6 nitrogen and oxygen atoms in total. The molecule has 2 rings (SSSR count). The third kappa shape index (κ3) is 5.11. The number of carbonyl (C=O) groups excluding carboxylic acids is 1. The van der Waals surface area contributed by atoms with Crippen molar-refractivity contribution in [3.63, 3.8) is 0 Å². The molecule has 1 aliphatic heterocycles. The lowest BCUT2D eigenvalue weighted by atomic mass is 10.2. The molecule has 128 valence electrons. The molecule has 0 unspecified atom stereocenters. The van der Waals surface area contributed by atoms with Crippen LogP contribution in [-0.2, 0) is 4.79 Å². The number of hydrogen-bond acceptors (Lipinski definition) is 3. The van der Waals surface area contributed by atoms with E-state index in [0.717, 1.165) is 26.2 Å². The van der Waals surface area contributed by atoms with Crippen LogP contribution in [0.1, 0.15) is 13.3 Å². The molecule has 6 heteroatoms. The average Bonchev–Trinajstić information content (AvgIpc) is 2.56. The number of carbonyl (C=O) groups is 1. The molecule has 1 aromatic rings. The van der Waals surface area contributed by atoms with E-state index in [1.807, 2.05) is 6.07 Å². The Hall–Kier alpha value is -1.79. The van der Waals surface area contributed by atoms with E-state index in [0.29, 0.717) is 23.7 Å². The summed E-state index contributed by atoms with van der Waals surface area (Å²) in [5, 5.41) is 2.95. The van der Waals surface area contributed by atoms with Gasteiger partial charge in [0, 0.05) is 6.07 Å². The summed E-state index contributed by atoms with van der Waals surface area (Å²) in [7, 11) is 3.20. The molecule has 0 aromatic heterocycles. The number of piperazine rings is 1. The minimum Gasteiger partial charge on any atom is -0.497 e. The van der Waals surface area contributed by atoms with Crippen molar-refractivity contribution in [3.8, 4) is 11.5 Å². The van der Waals surface area contributed by atoms with Crippen molar-refractivity contribution in [3.05, 3.63) is 18.2 Å². The lowest BCUT2D eigenvalue weighted by molar-refractivity contribution is -1.01. The van der Waals surface area contributed by atoms with Gasteiger partial charge in [0.15, 0.2) is 6.54 Å². The topological polar surface area (TPSA) is 56.4 Å². The summed E-state index contributed by atoms with van der Waals surface area (Å²) in [5.74, 6) is 1.36. The molecule has 0 bridgehead atoms. The monoisotopic (exact) mass is 323 g/mol. The van der Waals surface area contributed by atoms with Crippen molar-refractivity contribution >= 4 is 11.6 Å². The molecule has 1 aliphatic rings. The molecule has 23 heavy (non-hydrogen) atoms. The van der Waals surface area contributed by atoms with Gasteiger partial charge in [-0.3, -0.25) is 4.79 Å². The van der Waals surface area contributed by atoms with Crippen LogP contribution in [-0.4, -0.2) is 59.4 Å². The Balaban J connectivity index is 1.88. The highest BCUT2D eigenvalue weighted by Crippen LogP contribution is 2.28. The first-order valence-electron chi connectivity index (χ1n) is 8.35. The van der Waals surface area contributed by atoms with E-state index in [1.165, 1.54) is 17.9 Å². The number of quaternary nitrogens is 2. The lowest BCUT2D eigenvalue weighted by Gasteiger charge is -2.29. The zero-order valence-corrected chi connectivity index (χ0v) is 14.4. The van der Waals surface area contributed by atoms with Crippen LogP contribution in [0.3, 0.4) is 0 Å². The Morgan fingerprint density at radius 1 is 1.13 bits per heavy atom. The van der Waals surface area contributed by atoms with Gasteiger partial charge < -0.3 is 24.6 Å². The van der Waals surface area contributed by atoms with E-state index in [4.69, 9.17) is 9.47 Å². The number of anilines is 1. The molecular weight excluding hydrogens is 294 g/mol. The molecule has 0 atom stereocenters. The zero-order valence-electron chi connectivity index (χ0n) is 14.4. The van der Waals surface area contributed by atoms with E-state index < -0.39 is 0 Å². The first kappa shape index (κ1) is 17.6. The van der Waals surface area contributed by atoms with Gasteiger partial charge in [-0.25, -0.2) is 0 Å². The van der Waals surface area contributed by atoms with Crippen molar-refractivity contribution in [1.29, 1.82) is 0 Å². The highest BCUT2D eigenvalue weighted by atomic mass is 16.5. The summed E-state index contributed by atoms with van der Waals surface area (Å²) in [6, 6.07) is 5.40. The maximum atomic E-state index is 12.3. The van der Waals surface area contributed by atoms with E-state index in [9.17, 15) is 4.79 Å². The Labute approximate surface area is 138 Å². The third-order valence-corrected chi connectivity index (χ3v) is 4.36. The standard InChI is InChI=1S/C17H27N3O3/c1-4-7-19-8-10-20(11-9-19)13-17(21)18-15-12-14(22-2)5-6-16(15)23-3/h5-6,12H,4,7-11,13H2,1-3H3,(H,18,21)/p+2. The van der Waals surface area contributed by atoms with E-state index in [2.05, 4.69) is 12.2 Å². The molecule has 1 saturated heterocycles. The largest absolute Gasteiger partial charge is 0.497 e. The minimum atomic E-state index is 0.0190. The summed E-state index contributed by atoms with van der Waals surface area (Å²) >= 11 is 0. The van der Waals surface area contributed by atoms with Crippen molar-refractivity contribution < 1.29 is 24.1 Å². The molecule has 1 fully saturated rings. The zero-order chi connectivity index (χ0) is 16.7. The first-order chi connectivity index (χ1) is 11.2. The Morgan fingerprint density at radius 2 is 1.83 bits per heavy atom. The summed E-state index contributed by atoms with van der Waals surface area (Å²) < 4.78 is 10.5. The van der Waals surface area contributed by atoms with Crippen LogP contribution < -0.4 is 24.6 Å². The maximum Gasteiger partial charge on any atom is 0.279 e. The second-order valence-corrected chi connectivity index (χ2v) is 6.04. The average molecular weight is 323 g/mol. The van der Waals surface area contributed by atoms with Crippen LogP contribution in [0.5, 0.6) is 11.5 Å². The van der Waals surface area contributed by atoms with Gasteiger partial charge in [-0.1, -0.05) is 6.92 Å². The molecule has 1 aromatic carbocycles. The quantitative estimate of drug-likeness (QED) is 0.593. The fraction of sp³-hybridized carbons (Fsp3) is 0.588. The Kier molecular flexibility index (Phi) is 6.67. The number of ether oxygens (including phenoxy) is 2. The van der Waals surface area contributed by atoms with Crippen LogP contribution in [0.15, 0.2) is 18.2 Å². The Bertz CT molecular complexity index is 514. The van der Waals surface area contributed by atoms with E-state index >= 15 is 0 Å². The second kappa shape index (κ2) is 8.74. The number of rotatable bonds is 7. The molecule has 3 N–H and O–H groups in total. The van der Waals surface area contributed by atoms with Crippen LogP contribution in [0, 0.1) is 0 Å². The van der Waals surface area contributed by atoms with Crippen molar-refractivity contribution in [2.24, 2.45) is 0 Å². The highest BCUT2D eigenvalue weighted by molar-refractivity contribution is 5.93. The van der Waals surface area contributed by atoms with E-state index in [1.54, 1.807) is 31.3 Å². The van der Waals surface area contributed by atoms with Crippen LogP contribution in [0.2, 0.25) is 0 Å². The molecule has 0 aliphatic carbocycles. The molecule has 0 saturated carbocycles. The predicted molar refractivity (Wildman–Crippen MR) is 89.6 cm³/mol. The molecule has 0 radical (unpaired) electrons. The molecular formula is C17H29N3O3+2. The van der Waals surface area contributed by atoms with Crippen molar-refractivity contribution in [2.45, 2.75) is 13.3 Å². The molecule has 1 amide bonds. The Morgan fingerprint density at radius 3 is 2.43 bits per heavy atom. The lowest BCUT2D eigenvalue weighted by Crippen LogP contribution is -3.28. The molecule has 1 heterocycles. The van der Waals surface area contributed by atoms with Crippen molar-refractivity contribution in [1.82, 2.24) is 0 Å². The van der Waals surface area contributed by atoms with Gasteiger partial charge in [-0.15, -0.1) is 0 Å². The van der Waals surface area contributed by atoms with Gasteiger partial charge in [-0.05, 0) is 18.6 Å². The highest BCUT2D eigenvalue weighted by Gasteiger charge is 2.24. The van der Waals surface area contributed by atoms with Crippen molar-refractivity contribution in [2.75, 3.05) is 58.8 Å². The maximum absolute atomic E-state index is 12.3. The number of amides is 1. The first-order valence-corrected chi connectivity index (χ1v) is 8.35. The second-order valence-electron chi connectivity index (χ2n) is 6.04. The predicted octanol–water partition coefficient (Wildman–Crippen LogP) is -1.16. The van der Waals surface area contributed by atoms with Gasteiger partial charge in [0.2, 0.25) is 0 Å². The fourth-order valence-corrected chi connectivity index (χ4v) is 3.07. The van der Waals surface area contributed by atoms with Crippen LogP contribution in [0.4, 0.5) is 5.69 Å². The molecule has 0 spiro atoms. The third-order valence-electron chi connectivity index (χ3n) is 4.36. The SMILES string of the molecule is CCC[NH+]1CC[NH+](CC(=O)Nc2cc(OC)ccc2OC)CC1. The summed E-state index contributed by atoms with van der Waals surface area (Å²) in [6.07, 6.45) is 1.22. The van der Waals surface area contributed by atoms with Gasteiger partial charge >= 0.3 is 0 Å². The summed E-state index contributed by atoms with van der Waals surface area (Å²) in [6.45, 7) is 8.37. The number of benzene rings is 1. The van der Waals surface area contributed by atoms with E-state index in [-0.39, 0.29) is 5.91 Å². The van der Waals surface area contributed by atoms with Gasteiger partial charge in [-0.2, -0.15) is 0 Å². The summed E-state index contributed by atoms with van der Waals surface area (Å²) in [5.41, 5.74) is 0.659. The van der Waals surface area contributed by atoms with Crippen LogP contribution in [0.25, 0.3) is 0 Å². The number of hydrogen-bond donors (Lipinski definition) is 3. The minimum absolute atomic E-state index is 0.0190. The fourth-order valence-electron chi connectivity index (χ4n) is 3.07. The number of nitrogens with one attached hydrogen (secondary N) is 3. The smallest absolute Gasteiger partial charge is 0.279 e. The number of methoxy groups -OCH3 is 2.